The average molecular weight is 439 g/mol. The number of hydrogen-bond acceptors (Lipinski definition) is 5. The lowest BCUT2D eigenvalue weighted by Crippen LogP contribution is -2.30. The van der Waals surface area contributed by atoms with Crippen molar-refractivity contribution in [3.05, 3.63) is 58.6 Å². The van der Waals surface area contributed by atoms with Crippen LogP contribution in [0, 0.1) is 6.92 Å². The van der Waals surface area contributed by atoms with Gasteiger partial charge in [0.2, 0.25) is 10.0 Å². The maximum Gasteiger partial charge on any atom is 0.340 e. The van der Waals surface area contributed by atoms with Crippen LogP contribution < -0.4 is 5.32 Å². The molecule has 1 N–H and O–H groups in total. The number of anilines is 1. The lowest BCUT2D eigenvalue weighted by Gasteiger charge is -2.19. The standard InChI is InChI=1S/C20H23ClN2O5S/c1-4-23(5-2)29(26,27)15-10-11-17(21)16(12-15)20(25)28-13-19(24)22-18-9-7-6-8-14(18)3/h6-12H,4-5,13H2,1-3H3,(H,22,24). The average Bonchev–Trinajstić information content (AvgIpc) is 2.69. The van der Waals surface area contributed by atoms with Crippen LogP contribution in [0.1, 0.15) is 29.8 Å². The van der Waals surface area contributed by atoms with E-state index in [1.165, 1.54) is 16.4 Å². The maximum atomic E-state index is 12.6. The fraction of sp³-hybridized carbons (Fsp3) is 0.300. The molecule has 2 aromatic rings. The number of nitrogens with zero attached hydrogens (tertiary/aromatic N) is 1. The zero-order valence-corrected chi connectivity index (χ0v) is 18.0. The number of benzene rings is 2. The molecule has 0 aliphatic carbocycles. The summed E-state index contributed by atoms with van der Waals surface area (Å²) in [6.07, 6.45) is 0. The highest BCUT2D eigenvalue weighted by atomic mass is 35.5. The first-order valence-electron chi connectivity index (χ1n) is 9.03. The first-order valence-corrected chi connectivity index (χ1v) is 10.8. The van der Waals surface area contributed by atoms with Gasteiger partial charge < -0.3 is 10.1 Å². The van der Waals surface area contributed by atoms with E-state index in [9.17, 15) is 18.0 Å². The van der Waals surface area contributed by atoms with E-state index in [0.29, 0.717) is 18.8 Å². The summed E-state index contributed by atoms with van der Waals surface area (Å²) < 4.78 is 31.6. The van der Waals surface area contributed by atoms with Crippen LogP contribution >= 0.6 is 11.6 Å². The highest BCUT2D eigenvalue weighted by Gasteiger charge is 2.24. The highest BCUT2D eigenvalue weighted by molar-refractivity contribution is 7.89. The number of aryl methyl sites for hydroxylation is 1. The Morgan fingerprint density at radius 1 is 1.10 bits per heavy atom. The Labute approximate surface area is 175 Å². The molecule has 1 amide bonds. The number of nitrogens with one attached hydrogen (secondary N) is 1. The number of hydrogen-bond donors (Lipinski definition) is 1. The van der Waals surface area contributed by atoms with Gasteiger partial charge in [0.05, 0.1) is 15.5 Å². The van der Waals surface area contributed by atoms with Gasteiger partial charge in [0.25, 0.3) is 5.91 Å². The van der Waals surface area contributed by atoms with Gasteiger partial charge in [-0.05, 0) is 36.8 Å². The second kappa shape index (κ2) is 9.87. The van der Waals surface area contributed by atoms with Crippen LogP contribution in [-0.2, 0) is 19.6 Å². The number of sulfonamides is 1. The minimum Gasteiger partial charge on any atom is -0.452 e. The second-order valence-corrected chi connectivity index (χ2v) is 8.52. The van der Waals surface area contributed by atoms with Crippen molar-refractivity contribution in [2.24, 2.45) is 0 Å². The normalized spacial score (nSPS) is 11.3. The molecule has 29 heavy (non-hydrogen) atoms. The van der Waals surface area contributed by atoms with Crippen LogP contribution in [-0.4, -0.2) is 44.3 Å². The summed E-state index contributed by atoms with van der Waals surface area (Å²) in [6, 6.07) is 11.0. The number of esters is 1. The summed E-state index contributed by atoms with van der Waals surface area (Å²) in [5, 5.41) is 2.68. The summed E-state index contributed by atoms with van der Waals surface area (Å²) >= 11 is 6.04. The second-order valence-electron chi connectivity index (χ2n) is 6.17. The zero-order valence-electron chi connectivity index (χ0n) is 16.4. The number of para-hydroxylation sites is 1. The SMILES string of the molecule is CCN(CC)S(=O)(=O)c1ccc(Cl)c(C(=O)OCC(=O)Nc2ccccc2C)c1. The summed E-state index contributed by atoms with van der Waals surface area (Å²) in [5.74, 6) is -1.40. The Balaban J connectivity index is 2.13. The monoisotopic (exact) mass is 438 g/mol. The molecule has 0 aliphatic rings. The fourth-order valence-electron chi connectivity index (χ4n) is 2.64. The molecule has 2 rings (SSSR count). The van der Waals surface area contributed by atoms with Crippen molar-refractivity contribution in [1.29, 1.82) is 0 Å². The molecule has 2 aromatic carbocycles. The van der Waals surface area contributed by atoms with E-state index in [0.717, 1.165) is 11.6 Å². The predicted molar refractivity (Wildman–Crippen MR) is 112 cm³/mol. The van der Waals surface area contributed by atoms with Gasteiger partial charge in [-0.3, -0.25) is 4.79 Å². The molecule has 7 nitrogen and oxygen atoms in total. The molecule has 9 heteroatoms. The quantitative estimate of drug-likeness (QED) is 0.637. The van der Waals surface area contributed by atoms with Crippen molar-refractivity contribution in [1.82, 2.24) is 4.31 Å². The van der Waals surface area contributed by atoms with E-state index < -0.39 is 28.5 Å². The molecule has 0 bridgehead atoms. The van der Waals surface area contributed by atoms with Crippen LogP contribution in [0.25, 0.3) is 0 Å². The Bertz CT molecular complexity index is 1000. The van der Waals surface area contributed by atoms with Crippen molar-refractivity contribution >= 4 is 39.2 Å². The zero-order chi connectivity index (χ0) is 21.6. The fourth-order valence-corrected chi connectivity index (χ4v) is 4.32. The van der Waals surface area contributed by atoms with Crippen molar-refractivity contribution < 1.29 is 22.7 Å². The van der Waals surface area contributed by atoms with Gasteiger partial charge in [0.15, 0.2) is 6.61 Å². The van der Waals surface area contributed by atoms with E-state index in [1.807, 2.05) is 19.1 Å². The molecule has 0 spiro atoms. The van der Waals surface area contributed by atoms with Gasteiger partial charge in [0.1, 0.15) is 0 Å². The molecule has 0 unspecified atom stereocenters. The Morgan fingerprint density at radius 3 is 2.38 bits per heavy atom. The van der Waals surface area contributed by atoms with Crippen LogP contribution in [0.2, 0.25) is 5.02 Å². The number of carbonyl (C=O) groups excluding carboxylic acids is 2. The largest absolute Gasteiger partial charge is 0.452 e. The highest BCUT2D eigenvalue weighted by Crippen LogP contribution is 2.24. The minimum atomic E-state index is -3.76. The molecule has 0 saturated carbocycles. The van der Waals surface area contributed by atoms with Gasteiger partial charge in [0, 0.05) is 18.8 Å². The third-order valence-electron chi connectivity index (χ3n) is 4.25. The first-order chi connectivity index (χ1) is 13.7. The molecule has 0 atom stereocenters. The van der Waals surface area contributed by atoms with E-state index in [4.69, 9.17) is 16.3 Å². The molecule has 0 fully saturated rings. The van der Waals surface area contributed by atoms with Crippen LogP contribution in [0.4, 0.5) is 5.69 Å². The molecule has 0 saturated heterocycles. The van der Waals surface area contributed by atoms with Gasteiger partial charge in [-0.25, -0.2) is 13.2 Å². The van der Waals surface area contributed by atoms with Crippen molar-refractivity contribution in [3.8, 4) is 0 Å². The molecular weight excluding hydrogens is 416 g/mol. The smallest absolute Gasteiger partial charge is 0.340 e. The predicted octanol–water partition coefficient (Wildman–Crippen LogP) is 3.47. The molecule has 156 valence electrons. The van der Waals surface area contributed by atoms with Crippen LogP contribution in [0.15, 0.2) is 47.4 Å². The Morgan fingerprint density at radius 2 is 1.76 bits per heavy atom. The van der Waals surface area contributed by atoms with Crippen LogP contribution in [0.3, 0.4) is 0 Å². The van der Waals surface area contributed by atoms with Crippen molar-refractivity contribution in [2.75, 3.05) is 25.0 Å². The van der Waals surface area contributed by atoms with Crippen molar-refractivity contribution in [3.63, 3.8) is 0 Å². The van der Waals surface area contributed by atoms with Gasteiger partial charge in [-0.15, -0.1) is 0 Å². The van der Waals surface area contributed by atoms with E-state index in [1.54, 1.807) is 26.0 Å². The van der Waals surface area contributed by atoms with Crippen LogP contribution in [0.5, 0.6) is 0 Å². The van der Waals surface area contributed by atoms with Gasteiger partial charge in [-0.1, -0.05) is 43.6 Å². The lowest BCUT2D eigenvalue weighted by molar-refractivity contribution is -0.119. The number of carbonyl (C=O) groups is 2. The molecule has 0 heterocycles. The lowest BCUT2D eigenvalue weighted by atomic mass is 10.2. The minimum absolute atomic E-state index is 0.0350. The van der Waals surface area contributed by atoms with Gasteiger partial charge >= 0.3 is 5.97 Å². The maximum absolute atomic E-state index is 12.6. The van der Waals surface area contributed by atoms with Gasteiger partial charge in [-0.2, -0.15) is 4.31 Å². The number of halogens is 1. The number of rotatable bonds is 8. The van der Waals surface area contributed by atoms with E-state index in [-0.39, 0.29) is 15.5 Å². The topological polar surface area (TPSA) is 92.8 Å². The number of ether oxygens (including phenoxy) is 1. The summed E-state index contributed by atoms with van der Waals surface area (Å²) in [4.78, 5) is 24.4. The Kier molecular flexibility index (Phi) is 7.78. The first kappa shape index (κ1) is 22.9. The number of amides is 1. The summed E-state index contributed by atoms with van der Waals surface area (Å²) in [6.45, 7) is 5.33. The molecular formula is C20H23ClN2O5S. The molecule has 0 radical (unpaired) electrons. The van der Waals surface area contributed by atoms with E-state index in [2.05, 4.69) is 5.32 Å². The molecule has 0 aromatic heterocycles. The van der Waals surface area contributed by atoms with Crippen molar-refractivity contribution in [2.45, 2.75) is 25.7 Å². The third kappa shape index (κ3) is 5.56. The summed E-state index contributed by atoms with van der Waals surface area (Å²) in [7, 11) is -3.76. The Hall–Kier alpha value is -2.42. The third-order valence-corrected chi connectivity index (χ3v) is 6.63. The molecule has 0 aliphatic heterocycles. The van der Waals surface area contributed by atoms with E-state index >= 15 is 0 Å². The summed E-state index contributed by atoms with van der Waals surface area (Å²) in [5.41, 5.74) is 1.35.